The Hall–Kier alpha value is -1.72. The zero-order valence-electron chi connectivity index (χ0n) is 10.3. The first kappa shape index (κ1) is 11.4. The summed E-state index contributed by atoms with van der Waals surface area (Å²) in [6, 6.07) is 10.1. The molecule has 2 heterocycles. The van der Waals surface area contributed by atoms with E-state index in [1.165, 1.54) is 0 Å². The Kier molecular flexibility index (Phi) is 3.34. The van der Waals surface area contributed by atoms with Gasteiger partial charge in [-0.2, -0.15) is 5.10 Å². The molecule has 0 radical (unpaired) electrons. The van der Waals surface area contributed by atoms with Gasteiger partial charge in [-0.05, 0) is 0 Å². The molecule has 94 valence electrons. The van der Waals surface area contributed by atoms with E-state index in [9.17, 15) is 0 Å². The number of piperazine rings is 1. The molecule has 1 saturated heterocycles. The minimum atomic E-state index is 0.778. The molecule has 0 spiro atoms. The third-order valence-corrected chi connectivity index (χ3v) is 3.15. The Morgan fingerprint density at radius 1 is 1.11 bits per heavy atom. The molecule has 0 saturated carbocycles. The fourth-order valence-corrected chi connectivity index (χ4v) is 2.16. The van der Waals surface area contributed by atoms with Crippen LogP contribution in [-0.4, -0.2) is 46.3 Å². The highest BCUT2D eigenvalue weighted by Gasteiger charge is 2.12. The zero-order valence-corrected chi connectivity index (χ0v) is 10.3. The first-order chi connectivity index (χ1) is 8.92. The van der Waals surface area contributed by atoms with Gasteiger partial charge in [0.2, 0.25) is 0 Å². The van der Waals surface area contributed by atoms with Gasteiger partial charge in [0.15, 0.2) is 5.82 Å². The fourth-order valence-electron chi connectivity index (χ4n) is 2.16. The molecule has 18 heavy (non-hydrogen) atoms. The Balaban J connectivity index is 1.69. The van der Waals surface area contributed by atoms with Crippen molar-refractivity contribution in [2.45, 2.75) is 6.54 Å². The van der Waals surface area contributed by atoms with Crippen LogP contribution in [0.3, 0.4) is 0 Å². The summed E-state index contributed by atoms with van der Waals surface area (Å²) in [5.74, 6) is 1.72. The number of aromatic amines is 1. The van der Waals surface area contributed by atoms with Crippen molar-refractivity contribution in [1.29, 1.82) is 0 Å². The summed E-state index contributed by atoms with van der Waals surface area (Å²) in [5, 5.41) is 10.6. The van der Waals surface area contributed by atoms with Gasteiger partial charge < -0.3 is 5.32 Å². The van der Waals surface area contributed by atoms with E-state index in [0.29, 0.717) is 0 Å². The molecule has 0 atom stereocenters. The summed E-state index contributed by atoms with van der Waals surface area (Å²) in [7, 11) is 0. The number of benzene rings is 1. The summed E-state index contributed by atoms with van der Waals surface area (Å²) < 4.78 is 0. The normalized spacial score (nSPS) is 16.9. The first-order valence-corrected chi connectivity index (χ1v) is 6.31. The van der Waals surface area contributed by atoms with Crippen LogP contribution >= 0.6 is 0 Å². The number of hydrogen-bond donors (Lipinski definition) is 2. The smallest absolute Gasteiger partial charge is 0.181 e. The summed E-state index contributed by atoms with van der Waals surface area (Å²) >= 11 is 0. The lowest BCUT2D eigenvalue weighted by Crippen LogP contribution is -2.43. The van der Waals surface area contributed by atoms with Gasteiger partial charge in [-0.25, -0.2) is 4.98 Å². The standard InChI is InChI=1S/C13H17N5/c1-2-4-11(5-3-1)13-15-12(16-17-13)10-18-8-6-14-7-9-18/h1-5,14H,6-10H2,(H,15,16,17). The van der Waals surface area contributed by atoms with Gasteiger partial charge in [0, 0.05) is 31.7 Å². The third kappa shape index (κ3) is 2.57. The van der Waals surface area contributed by atoms with Crippen LogP contribution in [0.25, 0.3) is 11.4 Å². The molecule has 0 amide bonds. The molecule has 5 nitrogen and oxygen atoms in total. The second kappa shape index (κ2) is 5.29. The van der Waals surface area contributed by atoms with Crippen molar-refractivity contribution in [3.8, 4) is 11.4 Å². The van der Waals surface area contributed by atoms with Crippen molar-refractivity contribution in [1.82, 2.24) is 25.4 Å². The molecular weight excluding hydrogens is 226 g/mol. The molecule has 1 aromatic heterocycles. The zero-order chi connectivity index (χ0) is 12.2. The van der Waals surface area contributed by atoms with E-state index in [-0.39, 0.29) is 0 Å². The molecule has 1 fully saturated rings. The Morgan fingerprint density at radius 3 is 2.67 bits per heavy atom. The number of aromatic nitrogens is 3. The van der Waals surface area contributed by atoms with Crippen LogP contribution in [0.15, 0.2) is 30.3 Å². The second-order valence-corrected chi connectivity index (χ2v) is 4.50. The molecule has 3 rings (SSSR count). The summed E-state index contributed by atoms with van der Waals surface area (Å²) in [4.78, 5) is 6.93. The van der Waals surface area contributed by atoms with Crippen molar-refractivity contribution in [2.75, 3.05) is 26.2 Å². The van der Waals surface area contributed by atoms with Crippen LogP contribution in [0.2, 0.25) is 0 Å². The van der Waals surface area contributed by atoms with Gasteiger partial charge in [0.1, 0.15) is 5.82 Å². The van der Waals surface area contributed by atoms with Crippen LogP contribution in [-0.2, 0) is 6.54 Å². The lowest BCUT2D eigenvalue weighted by molar-refractivity contribution is 0.228. The number of rotatable bonds is 3. The number of nitrogens with zero attached hydrogens (tertiary/aromatic N) is 3. The van der Waals surface area contributed by atoms with Gasteiger partial charge in [-0.15, -0.1) is 0 Å². The molecule has 2 aromatic rings. The van der Waals surface area contributed by atoms with Gasteiger partial charge in [0.05, 0.1) is 6.54 Å². The molecule has 1 aliphatic rings. The fraction of sp³-hybridized carbons (Fsp3) is 0.385. The van der Waals surface area contributed by atoms with E-state index >= 15 is 0 Å². The molecular formula is C13H17N5. The maximum Gasteiger partial charge on any atom is 0.181 e. The number of H-pyrrole nitrogens is 1. The average molecular weight is 243 g/mol. The van der Waals surface area contributed by atoms with Crippen molar-refractivity contribution < 1.29 is 0 Å². The van der Waals surface area contributed by atoms with Gasteiger partial charge in [-0.3, -0.25) is 10.00 Å². The maximum atomic E-state index is 4.55. The third-order valence-electron chi connectivity index (χ3n) is 3.15. The van der Waals surface area contributed by atoms with E-state index < -0.39 is 0 Å². The summed E-state index contributed by atoms with van der Waals surface area (Å²) in [5.41, 5.74) is 1.06. The summed E-state index contributed by atoms with van der Waals surface area (Å²) in [6.45, 7) is 5.10. The number of nitrogens with one attached hydrogen (secondary N) is 2. The van der Waals surface area contributed by atoms with Crippen molar-refractivity contribution >= 4 is 0 Å². The van der Waals surface area contributed by atoms with Crippen LogP contribution in [0.4, 0.5) is 0 Å². The Bertz CT molecular complexity index is 487. The predicted molar refractivity (Wildman–Crippen MR) is 70.0 cm³/mol. The quantitative estimate of drug-likeness (QED) is 0.840. The molecule has 1 aromatic carbocycles. The van der Waals surface area contributed by atoms with E-state index in [1.54, 1.807) is 0 Å². The summed E-state index contributed by atoms with van der Waals surface area (Å²) in [6.07, 6.45) is 0. The largest absolute Gasteiger partial charge is 0.314 e. The van der Waals surface area contributed by atoms with Crippen molar-refractivity contribution in [3.63, 3.8) is 0 Å². The molecule has 0 aliphatic carbocycles. The van der Waals surface area contributed by atoms with E-state index in [2.05, 4.69) is 25.4 Å². The van der Waals surface area contributed by atoms with Crippen LogP contribution in [0.5, 0.6) is 0 Å². The van der Waals surface area contributed by atoms with Crippen LogP contribution < -0.4 is 5.32 Å². The Morgan fingerprint density at radius 2 is 1.89 bits per heavy atom. The van der Waals surface area contributed by atoms with E-state index in [4.69, 9.17) is 0 Å². The highest BCUT2D eigenvalue weighted by atomic mass is 15.3. The number of hydrogen-bond acceptors (Lipinski definition) is 4. The highest BCUT2D eigenvalue weighted by Crippen LogP contribution is 2.13. The monoisotopic (exact) mass is 243 g/mol. The minimum absolute atomic E-state index is 0.778. The average Bonchev–Trinajstić information content (AvgIpc) is 2.89. The topological polar surface area (TPSA) is 56.8 Å². The van der Waals surface area contributed by atoms with Gasteiger partial charge in [-0.1, -0.05) is 30.3 Å². The molecule has 0 bridgehead atoms. The molecule has 1 aliphatic heterocycles. The van der Waals surface area contributed by atoms with Crippen molar-refractivity contribution in [2.24, 2.45) is 0 Å². The first-order valence-electron chi connectivity index (χ1n) is 6.31. The maximum absolute atomic E-state index is 4.55. The van der Waals surface area contributed by atoms with Gasteiger partial charge >= 0.3 is 0 Å². The highest BCUT2D eigenvalue weighted by molar-refractivity contribution is 5.53. The molecule has 5 heteroatoms. The molecule has 2 N–H and O–H groups in total. The van der Waals surface area contributed by atoms with Crippen molar-refractivity contribution in [3.05, 3.63) is 36.2 Å². The van der Waals surface area contributed by atoms with E-state index in [0.717, 1.165) is 49.9 Å². The lowest BCUT2D eigenvalue weighted by Gasteiger charge is -2.25. The van der Waals surface area contributed by atoms with E-state index in [1.807, 2.05) is 30.3 Å². The second-order valence-electron chi connectivity index (χ2n) is 4.50. The van der Waals surface area contributed by atoms with Crippen LogP contribution in [0, 0.1) is 0 Å². The Labute approximate surface area is 106 Å². The lowest BCUT2D eigenvalue weighted by atomic mass is 10.2. The predicted octanol–water partition coefficient (Wildman–Crippen LogP) is 0.877. The van der Waals surface area contributed by atoms with Gasteiger partial charge in [0.25, 0.3) is 0 Å². The van der Waals surface area contributed by atoms with Crippen LogP contribution in [0.1, 0.15) is 5.82 Å². The minimum Gasteiger partial charge on any atom is -0.314 e. The molecule has 0 unspecified atom stereocenters. The SMILES string of the molecule is c1ccc(-c2n[nH]c(CN3CCNCC3)n2)cc1.